The average Bonchev–Trinajstić information content (AvgIpc) is 3.12. The van der Waals surface area contributed by atoms with E-state index in [0.29, 0.717) is 17.8 Å². The van der Waals surface area contributed by atoms with E-state index in [1.807, 2.05) is 24.9 Å². The third-order valence-corrected chi connectivity index (χ3v) is 5.24. The maximum absolute atomic E-state index is 12.4. The van der Waals surface area contributed by atoms with Crippen molar-refractivity contribution in [3.8, 4) is 11.5 Å². The Balaban J connectivity index is 1.49. The Morgan fingerprint density at radius 3 is 2.83 bits per heavy atom. The second-order valence-corrected chi connectivity index (χ2v) is 6.80. The quantitative estimate of drug-likeness (QED) is 0.940. The first-order valence-electron chi connectivity index (χ1n) is 8.58. The number of hydrogen-bond acceptors (Lipinski definition) is 4. The highest BCUT2D eigenvalue weighted by Gasteiger charge is 2.29. The minimum atomic E-state index is 0.0363. The fourth-order valence-electron chi connectivity index (χ4n) is 3.51. The van der Waals surface area contributed by atoms with Crippen molar-refractivity contribution in [1.82, 2.24) is 20.4 Å². The summed E-state index contributed by atoms with van der Waals surface area (Å²) < 4.78 is 5.24. The number of carbonyl (C=O) groups excluding carboxylic acids is 1. The van der Waals surface area contributed by atoms with E-state index in [1.54, 1.807) is 0 Å². The number of nitrogens with zero attached hydrogens (tertiary/aromatic N) is 3. The van der Waals surface area contributed by atoms with Crippen molar-refractivity contribution in [1.29, 1.82) is 0 Å². The van der Waals surface area contributed by atoms with Crippen LogP contribution in [-0.4, -0.2) is 34.2 Å². The van der Waals surface area contributed by atoms with Crippen molar-refractivity contribution < 1.29 is 9.32 Å². The Bertz CT molecular complexity index is 766. The van der Waals surface area contributed by atoms with Gasteiger partial charge in [-0.15, -0.1) is 0 Å². The number of fused-ring (bicyclic) bond motifs is 1. The number of aryl methyl sites for hydroxylation is 2. The third kappa shape index (κ3) is 2.66. The number of hydrogen-bond donors (Lipinski definition) is 1. The Labute approximate surface area is 141 Å². The molecule has 2 aromatic rings. The molecule has 0 spiro atoms. The smallest absolute Gasteiger partial charge is 0.317 e. The van der Waals surface area contributed by atoms with Crippen molar-refractivity contribution in [3.05, 3.63) is 35.2 Å². The van der Waals surface area contributed by atoms with Crippen LogP contribution in [0, 0.1) is 6.92 Å². The number of amides is 2. The van der Waals surface area contributed by atoms with Gasteiger partial charge in [-0.25, -0.2) is 4.79 Å². The van der Waals surface area contributed by atoms with E-state index in [4.69, 9.17) is 4.52 Å². The number of rotatable bonds is 3. The summed E-state index contributed by atoms with van der Waals surface area (Å²) in [4.78, 5) is 18.6. The van der Waals surface area contributed by atoms with E-state index in [0.717, 1.165) is 31.2 Å². The number of nitrogens with one attached hydrogen (secondary N) is 1. The summed E-state index contributed by atoms with van der Waals surface area (Å²) in [6.45, 7) is 1.81. The molecule has 6 heteroatoms. The molecule has 0 aliphatic heterocycles. The molecule has 1 fully saturated rings. The lowest BCUT2D eigenvalue weighted by atomic mass is 9.92. The molecule has 1 heterocycles. The topological polar surface area (TPSA) is 71.3 Å². The van der Waals surface area contributed by atoms with Gasteiger partial charge in [0.1, 0.15) is 0 Å². The first kappa shape index (κ1) is 15.2. The summed E-state index contributed by atoms with van der Waals surface area (Å²) in [5.74, 6) is 1.18. The highest BCUT2D eigenvalue weighted by atomic mass is 16.5. The number of aromatic nitrogens is 2. The molecular formula is C18H22N4O2. The lowest BCUT2D eigenvalue weighted by molar-refractivity contribution is 0.154. The SMILES string of the molecule is Cc1noc(-c2ccc3c(c2)CC[C@H]3NC(=O)N(C)C2CCC2)n1. The predicted octanol–water partition coefficient (Wildman–Crippen LogP) is 3.23. The summed E-state index contributed by atoms with van der Waals surface area (Å²) in [7, 11) is 1.90. The van der Waals surface area contributed by atoms with Gasteiger partial charge < -0.3 is 14.7 Å². The van der Waals surface area contributed by atoms with Gasteiger partial charge in [-0.05, 0) is 62.3 Å². The van der Waals surface area contributed by atoms with Gasteiger partial charge in [0, 0.05) is 18.7 Å². The van der Waals surface area contributed by atoms with E-state index < -0.39 is 0 Å². The fourth-order valence-corrected chi connectivity index (χ4v) is 3.51. The summed E-state index contributed by atoms with van der Waals surface area (Å²) >= 11 is 0. The largest absolute Gasteiger partial charge is 0.334 e. The normalized spacial score (nSPS) is 19.7. The van der Waals surface area contributed by atoms with E-state index in [-0.39, 0.29) is 12.1 Å². The van der Waals surface area contributed by atoms with E-state index in [2.05, 4.69) is 27.6 Å². The highest BCUT2D eigenvalue weighted by molar-refractivity contribution is 5.75. The zero-order valence-corrected chi connectivity index (χ0v) is 14.1. The third-order valence-electron chi connectivity index (χ3n) is 5.24. The molecule has 1 N–H and O–H groups in total. The van der Waals surface area contributed by atoms with Crippen LogP contribution < -0.4 is 5.32 Å². The van der Waals surface area contributed by atoms with Crippen molar-refractivity contribution in [3.63, 3.8) is 0 Å². The van der Waals surface area contributed by atoms with Crippen LogP contribution in [0.2, 0.25) is 0 Å². The van der Waals surface area contributed by atoms with Gasteiger partial charge in [0.25, 0.3) is 5.89 Å². The van der Waals surface area contributed by atoms with Crippen molar-refractivity contribution >= 4 is 6.03 Å². The molecule has 1 aromatic heterocycles. The maximum Gasteiger partial charge on any atom is 0.317 e. The minimum Gasteiger partial charge on any atom is -0.334 e. The zero-order valence-electron chi connectivity index (χ0n) is 14.1. The van der Waals surface area contributed by atoms with Crippen LogP contribution in [-0.2, 0) is 6.42 Å². The monoisotopic (exact) mass is 326 g/mol. The Kier molecular flexibility index (Phi) is 3.75. The summed E-state index contributed by atoms with van der Waals surface area (Å²) in [6, 6.07) is 6.71. The average molecular weight is 326 g/mol. The van der Waals surface area contributed by atoms with E-state index in [9.17, 15) is 4.79 Å². The van der Waals surface area contributed by atoms with Crippen molar-refractivity contribution in [2.45, 2.75) is 51.1 Å². The number of benzene rings is 1. The number of urea groups is 1. The molecular weight excluding hydrogens is 304 g/mol. The van der Waals surface area contributed by atoms with E-state index >= 15 is 0 Å². The molecule has 1 atom stereocenters. The number of carbonyl (C=O) groups is 1. The predicted molar refractivity (Wildman–Crippen MR) is 89.5 cm³/mol. The van der Waals surface area contributed by atoms with Crippen LogP contribution in [0.3, 0.4) is 0 Å². The molecule has 0 bridgehead atoms. The van der Waals surface area contributed by atoms with Gasteiger partial charge >= 0.3 is 6.03 Å². The molecule has 24 heavy (non-hydrogen) atoms. The Morgan fingerprint density at radius 1 is 1.33 bits per heavy atom. The molecule has 126 valence electrons. The molecule has 6 nitrogen and oxygen atoms in total. The van der Waals surface area contributed by atoms with Gasteiger partial charge in [0.05, 0.1) is 6.04 Å². The second kappa shape index (κ2) is 5.92. The highest BCUT2D eigenvalue weighted by Crippen LogP contribution is 2.34. The lowest BCUT2D eigenvalue weighted by Gasteiger charge is -2.35. The van der Waals surface area contributed by atoms with Gasteiger partial charge in [-0.2, -0.15) is 4.98 Å². The van der Waals surface area contributed by atoms with Gasteiger partial charge in [-0.1, -0.05) is 11.2 Å². The second-order valence-electron chi connectivity index (χ2n) is 6.80. The molecule has 0 saturated heterocycles. The summed E-state index contributed by atoms with van der Waals surface area (Å²) in [5.41, 5.74) is 3.39. The maximum atomic E-state index is 12.4. The molecule has 2 amide bonds. The summed E-state index contributed by atoms with van der Waals surface area (Å²) in [5, 5.41) is 7.02. The van der Waals surface area contributed by atoms with Crippen LogP contribution >= 0.6 is 0 Å². The molecule has 1 aromatic carbocycles. The molecule has 0 radical (unpaired) electrons. The van der Waals surface area contributed by atoms with Gasteiger partial charge in [0.2, 0.25) is 0 Å². The van der Waals surface area contributed by atoms with E-state index in [1.165, 1.54) is 17.5 Å². The van der Waals surface area contributed by atoms with Crippen LogP contribution in [0.4, 0.5) is 4.79 Å². The Morgan fingerprint density at radius 2 is 2.17 bits per heavy atom. The molecule has 2 aliphatic carbocycles. The molecule has 4 rings (SSSR count). The first-order valence-corrected chi connectivity index (χ1v) is 8.58. The lowest BCUT2D eigenvalue weighted by Crippen LogP contribution is -2.47. The van der Waals surface area contributed by atoms with Crippen LogP contribution in [0.1, 0.15) is 48.7 Å². The van der Waals surface area contributed by atoms with Crippen LogP contribution in [0.5, 0.6) is 0 Å². The molecule has 0 unspecified atom stereocenters. The van der Waals surface area contributed by atoms with Gasteiger partial charge in [0.15, 0.2) is 5.82 Å². The van der Waals surface area contributed by atoms with Crippen molar-refractivity contribution in [2.75, 3.05) is 7.05 Å². The fraction of sp³-hybridized carbons (Fsp3) is 0.500. The minimum absolute atomic E-state index is 0.0363. The van der Waals surface area contributed by atoms with Crippen LogP contribution in [0.25, 0.3) is 11.5 Å². The first-order chi connectivity index (χ1) is 11.6. The molecule has 2 aliphatic rings. The van der Waals surface area contributed by atoms with Crippen LogP contribution in [0.15, 0.2) is 22.7 Å². The Hall–Kier alpha value is -2.37. The van der Waals surface area contributed by atoms with Crippen molar-refractivity contribution in [2.24, 2.45) is 0 Å². The zero-order chi connectivity index (χ0) is 16.7. The van der Waals surface area contributed by atoms with Gasteiger partial charge in [-0.3, -0.25) is 0 Å². The molecule has 1 saturated carbocycles. The standard InChI is InChI=1S/C18H22N4O2/c1-11-19-17(24-21-11)13-6-8-15-12(10-13)7-9-16(15)20-18(23)22(2)14-4-3-5-14/h6,8,10,14,16H,3-5,7,9H2,1-2H3,(H,20,23)/t16-/m1/s1. The summed E-state index contributed by atoms with van der Waals surface area (Å²) in [6.07, 6.45) is 5.36.